The fourth-order valence-corrected chi connectivity index (χ4v) is 4.88. The normalized spacial score (nSPS) is 19.4. The fourth-order valence-electron chi connectivity index (χ4n) is 2.86. The summed E-state index contributed by atoms with van der Waals surface area (Å²) in [5.41, 5.74) is 6.37. The van der Waals surface area contributed by atoms with Crippen molar-refractivity contribution in [2.24, 2.45) is 17.6 Å². The van der Waals surface area contributed by atoms with Gasteiger partial charge in [-0.3, -0.25) is 0 Å². The van der Waals surface area contributed by atoms with E-state index in [-0.39, 0.29) is 6.54 Å². The van der Waals surface area contributed by atoms with Crippen LogP contribution < -0.4 is 5.73 Å². The summed E-state index contributed by atoms with van der Waals surface area (Å²) in [6.07, 6.45) is 4.57. The monoisotopic (exact) mass is 312 g/mol. The summed E-state index contributed by atoms with van der Waals surface area (Å²) in [7, 11) is -3.50. The third kappa shape index (κ3) is 3.03. The van der Waals surface area contributed by atoms with Gasteiger partial charge in [0.1, 0.15) is 16.4 Å². The molecule has 6 heteroatoms. The van der Waals surface area contributed by atoms with E-state index >= 15 is 0 Å². The average Bonchev–Trinajstić information content (AvgIpc) is 3.30. The topological polar surface area (TPSA) is 76.5 Å². The first-order valence-electron chi connectivity index (χ1n) is 7.72. The molecule has 0 bridgehead atoms. The fraction of sp³-hybridized carbons (Fsp3) is 0.733. The molecule has 2 fully saturated rings. The lowest BCUT2D eigenvalue weighted by atomic mass is 10.2. The molecule has 1 aromatic rings. The first-order valence-corrected chi connectivity index (χ1v) is 9.16. The highest BCUT2D eigenvalue weighted by molar-refractivity contribution is 7.89. The van der Waals surface area contributed by atoms with E-state index in [2.05, 4.69) is 0 Å². The molecule has 118 valence electrons. The minimum Gasteiger partial charge on any atom is -0.465 e. The highest BCUT2D eigenvalue weighted by Crippen LogP contribution is 2.37. The van der Waals surface area contributed by atoms with Crippen molar-refractivity contribution in [1.82, 2.24) is 4.31 Å². The molecule has 21 heavy (non-hydrogen) atoms. The van der Waals surface area contributed by atoms with Crippen LogP contribution in [0.4, 0.5) is 0 Å². The Morgan fingerprint density at radius 3 is 2.05 bits per heavy atom. The molecule has 1 aromatic heterocycles. The highest BCUT2D eigenvalue weighted by Gasteiger charge is 2.38. The molecule has 2 aliphatic carbocycles. The van der Waals surface area contributed by atoms with Crippen LogP contribution in [0.25, 0.3) is 0 Å². The predicted molar refractivity (Wildman–Crippen MR) is 80.3 cm³/mol. The Morgan fingerprint density at radius 1 is 1.10 bits per heavy atom. The Morgan fingerprint density at radius 2 is 1.62 bits per heavy atom. The summed E-state index contributed by atoms with van der Waals surface area (Å²) in [4.78, 5) is 0.309. The molecule has 2 N–H and O–H groups in total. The maximum atomic E-state index is 13.1. The zero-order chi connectivity index (χ0) is 15.2. The number of nitrogens with zero attached hydrogens (tertiary/aromatic N) is 1. The van der Waals surface area contributed by atoms with Gasteiger partial charge in [0.05, 0.1) is 0 Å². The van der Waals surface area contributed by atoms with E-state index in [9.17, 15) is 8.42 Å². The smallest absolute Gasteiger partial charge is 0.246 e. The van der Waals surface area contributed by atoms with E-state index in [1.807, 2.05) is 0 Å². The van der Waals surface area contributed by atoms with Gasteiger partial charge in [0.15, 0.2) is 0 Å². The van der Waals surface area contributed by atoms with Crippen LogP contribution in [0.5, 0.6) is 0 Å². The standard InChI is InChI=1S/C15H24N2O3S/c1-10-14(7-16)15(11(2)20-10)21(18,19)17(8-12-3-4-12)9-13-5-6-13/h12-13H,3-9,16H2,1-2H3. The molecular weight excluding hydrogens is 288 g/mol. The van der Waals surface area contributed by atoms with Crippen molar-refractivity contribution in [2.75, 3.05) is 13.1 Å². The maximum Gasteiger partial charge on any atom is 0.246 e. The molecule has 0 aliphatic heterocycles. The Bertz CT molecular complexity index is 614. The summed E-state index contributed by atoms with van der Waals surface area (Å²) in [5, 5.41) is 0. The van der Waals surface area contributed by atoms with Gasteiger partial charge in [-0.1, -0.05) is 0 Å². The van der Waals surface area contributed by atoms with Crippen LogP contribution in [0.1, 0.15) is 42.8 Å². The zero-order valence-electron chi connectivity index (χ0n) is 12.8. The van der Waals surface area contributed by atoms with Gasteiger partial charge >= 0.3 is 0 Å². The Balaban J connectivity index is 1.95. The molecular formula is C15H24N2O3S. The van der Waals surface area contributed by atoms with Gasteiger partial charge in [0.2, 0.25) is 10.0 Å². The van der Waals surface area contributed by atoms with Crippen LogP contribution in [0.3, 0.4) is 0 Å². The zero-order valence-corrected chi connectivity index (χ0v) is 13.6. The van der Waals surface area contributed by atoms with Crippen molar-refractivity contribution < 1.29 is 12.8 Å². The van der Waals surface area contributed by atoms with E-state index in [0.717, 1.165) is 25.7 Å². The van der Waals surface area contributed by atoms with Crippen LogP contribution in [0.2, 0.25) is 0 Å². The van der Waals surface area contributed by atoms with Crippen LogP contribution in [0, 0.1) is 25.7 Å². The molecule has 0 atom stereocenters. The van der Waals surface area contributed by atoms with Crippen molar-refractivity contribution in [1.29, 1.82) is 0 Å². The third-order valence-electron chi connectivity index (χ3n) is 4.44. The molecule has 0 unspecified atom stereocenters. The van der Waals surface area contributed by atoms with E-state index in [4.69, 9.17) is 10.2 Å². The molecule has 0 aromatic carbocycles. The van der Waals surface area contributed by atoms with Crippen molar-refractivity contribution in [3.05, 3.63) is 17.1 Å². The van der Waals surface area contributed by atoms with Crippen LogP contribution in [-0.4, -0.2) is 25.8 Å². The summed E-state index contributed by atoms with van der Waals surface area (Å²) >= 11 is 0. The molecule has 1 heterocycles. The predicted octanol–water partition coefficient (Wildman–Crippen LogP) is 2.17. The average molecular weight is 312 g/mol. The van der Waals surface area contributed by atoms with Crippen LogP contribution in [0.15, 0.2) is 9.31 Å². The maximum absolute atomic E-state index is 13.1. The summed E-state index contributed by atoms with van der Waals surface area (Å²) < 4.78 is 33.4. The number of rotatable bonds is 7. The minimum atomic E-state index is -3.50. The van der Waals surface area contributed by atoms with Gasteiger partial charge in [-0.25, -0.2) is 8.42 Å². The van der Waals surface area contributed by atoms with Gasteiger partial charge in [-0.15, -0.1) is 0 Å². The van der Waals surface area contributed by atoms with E-state index in [1.165, 1.54) is 0 Å². The van der Waals surface area contributed by atoms with Crippen molar-refractivity contribution in [3.63, 3.8) is 0 Å². The van der Waals surface area contributed by atoms with Gasteiger partial charge in [-0.05, 0) is 51.4 Å². The first-order chi connectivity index (χ1) is 9.93. The van der Waals surface area contributed by atoms with E-state index in [1.54, 1.807) is 18.2 Å². The van der Waals surface area contributed by atoms with E-state index in [0.29, 0.717) is 46.9 Å². The number of hydrogen-bond donors (Lipinski definition) is 1. The number of sulfonamides is 1. The quantitative estimate of drug-likeness (QED) is 0.837. The van der Waals surface area contributed by atoms with Crippen LogP contribution in [-0.2, 0) is 16.6 Å². The van der Waals surface area contributed by atoms with Gasteiger partial charge in [0, 0.05) is 25.2 Å². The Hall–Kier alpha value is -0.850. The second-order valence-corrected chi connectivity index (χ2v) is 8.31. The van der Waals surface area contributed by atoms with Crippen molar-refractivity contribution >= 4 is 10.0 Å². The highest BCUT2D eigenvalue weighted by atomic mass is 32.2. The Kier molecular flexibility index (Phi) is 3.88. The second-order valence-electron chi connectivity index (χ2n) is 6.44. The lowest BCUT2D eigenvalue weighted by Gasteiger charge is -2.22. The number of nitrogens with two attached hydrogens (primary N) is 1. The third-order valence-corrected chi connectivity index (χ3v) is 6.47. The van der Waals surface area contributed by atoms with Gasteiger partial charge in [0.25, 0.3) is 0 Å². The molecule has 0 saturated heterocycles. The second kappa shape index (κ2) is 5.41. The molecule has 0 amide bonds. The SMILES string of the molecule is Cc1oc(C)c(S(=O)(=O)N(CC2CC2)CC2CC2)c1CN. The van der Waals surface area contributed by atoms with Crippen molar-refractivity contribution in [2.45, 2.75) is 51.0 Å². The van der Waals surface area contributed by atoms with Gasteiger partial charge < -0.3 is 10.2 Å². The number of aryl methyl sites for hydroxylation is 2. The molecule has 0 radical (unpaired) electrons. The summed E-state index contributed by atoms with van der Waals surface area (Å²) in [6.45, 7) is 4.98. The first kappa shape index (κ1) is 15.1. The minimum absolute atomic E-state index is 0.193. The molecule has 0 spiro atoms. The van der Waals surface area contributed by atoms with Gasteiger partial charge in [-0.2, -0.15) is 4.31 Å². The molecule has 2 saturated carbocycles. The number of furan rings is 1. The largest absolute Gasteiger partial charge is 0.465 e. The van der Waals surface area contributed by atoms with E-state index < -0.39 is 10.0 Å². The Labute approximate surface area is 126 Å². The summed E-state index contributed by atoms with van der Waals surface area (Å²) in [6, 6.07) is 0. The molecule has 5 nitrogen and oxygen atoms in total. The van der Waals surface area contributed by atoms with Crippen molar-refractivity contribution in [3.8, 4) is 0 Å². The molecule has 3 rings (SSSR count). The molecule has 2 aliphatic rings. The summed E-state index contributed by atoms with van der Waals surface area (Å²) in [5.74, 6) is 2.15. The lowest BCUT2D eigenvalue weighted by molar-refractivity contribution is 0.380. The van der Waals surface area contributed by atoms with Crippen LogP contribution >= 0.6 is 0 Å². The lowest BCUT2D eigenvalue weighted by Crippen LogP contribution is -2.35. The number of hydrogen-bond acceptors (Lipinski definition) is 4.